The van der Waals surface area contributed by atoms with E-state index in [-0.39, 0.29) is 94.0 Å². The van der Waals surface area contributed by atoms with E-state index >= 15 is 0 Å². The van der Waals surface area contributed by atoms with Crippen LogP contribution in [0.15, 0.2) is 76.5 Å². The van der Waals surface area contributed by atoms with Crippen molar-refractivity contribution in [2.24, 2.45) is 0 Å². The Balaban J connectivity index is 0.00000420. The van der Waals surface area contributed by atoms with Crippen LogP contribution in [0.1, 0.15) is 16.7 Å². The summed E-state index contributed by atoms with van der Waals surface area (Å²) in [6.07, 6.45) is -12.2. The van der Waals surface area contributed by atoms with Gasteiger partial charge in [0.15, 0.2) is 0 Å². The van der Waals surface area contributed by atoms with Gasteiger partial charge < -0.3 is 15.3 Å². The number of carbonyl (C=O) groups is 1. The van der Waals surface area contributed by atoms with Crippen LogP contribution in [0.3, 0.4) is 0 Å². The number of benzene rings is 3. The molecule has 6 nitrogen and oxygen atoms in total. The number of aromatic hydroxyl groups is 1. The minimum atomic E-state index is -6.42. The molecule has 3 aromatic carbocycles. The molecule has 0 unspecified atom stereocenters. The Labute approximate surface area is 270 Å². The van der Waals surface area contributed by atoms with Crippen molar-refractivity contribution in [2.75, 3.05) is 0 Å². The van der Waals surface area contributed by atoms with E-state index in [0.717, 1.165) is 30.3 Å². The molecule has 0 aliphatic carbocycles. The van der Waals surface area contributed by atoms with E-state index in [0.29, 0.717) is 18.2 Å². The third-order valence-electron chi connectivity index (χ3n) is 5.41. The Bertz CT molecular complexity index is 1560. The second kappa shape index (κ2) is 13.1. The summed E-state index contributed by atoms with van der Waals surface area (Å²) in [5.74, 6) is -4.97. The van der Waals surface area contributed by atoms with Gasteiger partial charge in [-0.25, -0.2) is 22.0 Å². The molecule has 0 aliphatic rings. The fourth-order valence-electron chi connectivity index (χ4n) is 3.53. The van der Waals surface area contributed by atoms with Crippen LogP contribution < -0.4 is 0 Å². The molecule has 210 valence electrons. The number of rotatable bonds is 6. The van der Waals surface area contributed by atoms with E-state index in [1.54, 1.807) is 0 Å². The third-order valence-corrected chi connectivity index (χ3v) is 7.14. The fourth-order valence-corrected chi connectivity index (χ4v) is 4.86. The average molecular weight is 628 g/mol. The van der Waals surface area contributed by atoms with Crippen molar-refractivity contribution in [2.45, 2.75) is 27.7 Å². The largest absolute Gasteiger partial charge is 0.507 e. The van der Waals surface area contributed by atoms with E-state index in [2.05, 4.69) is 0 Å². The van der Waals surface area contributed by atoms with Gasteiger partial charge in [0.05, 0.1) is 9.79 Å². The first-order valence-electron chi connectivity index (χ1n) is 10.2. The average Bonchev–Trinajstić information content (AvgIpc) is 2.80. The number of hydrogen-bond acceptors (Lipinski definition) is 5. The van der Waals surface area contributed by atoms with Gasteiger partial charge >= 0.3 is 18.3 Å². The number of phenolic OH excluding ortho intramolecular Hbond substituents is 1. The Morgan fingerprint density at radius 1 is 0.756 bits per heavy atom. The van der Waals surface area contributed by atoms with Crippen LogP contribution in [0.2, 0.25) is 0 Å². The van der Waals surface area contributed by atoms with Crippen molar-refractivity contribution >= 4 is 80.5 Å². The van der Waals surface area contributed by atoms with Gasteiger partial charge in [0, 0.05) is 76.3 Å². The maximum absolute atomic E-state index is 14.1. The Hall–Kier alpha value is -1.98. The minimum Gasteiger partial charge on any atom is -0.507 e. The molecule has 3 N–H and O–H groups in total. The monoisotopic (exact) mass is 628 g/mol. The molecule has 0 bridgehead atoms. The van der Waals surface area contributed by atoms with Crippen LogP contribution in [0.25, 0.3) is 5.57 Å². The number of halogens is 8. The van der Waals surface area contributed by atoms with Gasteiger partial charge in [-0.05, 0) is 59.7 Å². The smallest absolute Gasteiger partial charge is 0.430 e. The van der Waals surface area contributed by atoms with Crippen molar-refractivity contribution in [1.82, 2.24) is 0 Å². The predicted octanol–water partition coefficient (Wildman–Crippen LogP) is 4.57. The van der Waals surface area contributed by atoms with E-state index < -0.39 is 66.5 Å². The van der Waals surface area contributed by atoms with Crippen LogP contribution in [0.5, 0.6) is 5.75 Å². The van der Waals surface area contributed by atoms with Crippen molar-refractivity contribution < 1.29 is 63.7 Å². The third kappa shape index (κ3) is 7.51. The van der Waals surface area contributed by atoms with Crippen LogP contribution >= 0.6 is 0 Å². The number of carboxylic acids is 1. The Kier molecular flexibility index (Phi) is 11.9. The number of phenols is 1. The van der Waals surface area contributed by atoms with Crippen LogP contribution in [-0.4, -0.2) is 101 Å². The molecule has 0 fully saturated rings. The Morgan fingerprint density at radius 2 is 1.29 bits per heavy atom. The molecule has 0 saturated heterocycles. The zero-order valence-corrected chi connectivity index (χ0v) is 25.7. The van der Waals surface area contributed by atoms with Gasteiger partial charge in [0.25, 0.3) is 5.60 Å². The number of carboxylic acid groups (broad SMARTS) is 1. The molecule has 2 radical (unpaired) electrons. The van der Waals surface area contributed by atoms with Gasteiger partial charge in [0.1, 0.15) is 17.4 Å². The van der Waals surface area contributed by atoms with E-state index in [1.165, 1.54) is 0 Å². The Morgan fingerprint density at radius 3 is 1.76 bits per heavy atom. The summed E-state index contributed by atoms with van der Waals surface area (Å²) < 4.78 is 133. The standard InChI is InChI=1S/C24H14F8O6S.2Na/c25-14-3-1-12(2-4-14)19(11-21(34)35)18-6-5-16(10-20(18)33)39(37,38)17-8-13(7-15(26)9-17)22(36,23(27,28)29)24(30,31)32;;/h1-11,33,36H,(H,34,35);;. The van der Waals surface area contributed by atoms with Crippen molar-refractivity contribution in [3.05, 3.63) is 95.1 Å². The summed E-state index contributed by atoms with van der Waals surface area (Å²) >= 11 is 0. The van der Waals surface area contributed by atoms with Crippen LogP contribution in [0.4, 0.5) is 35.1 Å². The molecule has 3 aromatic rings. The zero-order valence-electron chi connectivity index (χ0n) is 20.8. The number of alkyl halides is 6. The molecule has 0 saturated carbocycles. The van der Waals surface area contributed by atoms with Crippen LogP contribution in [-0.2, 0) is 20.2 Å². The van der Waals surface area contributed by atoms with Crippen molar-refractivity contribution in [3.63, 3.8) is 0 Å². The quantitative estimate of drug-likeness (QED) is 0.210. The normalized spacial score (nSPS) is 12.8. The number of aliphatic carboxylic acids is 1. The van der Waals surface area contributed by atoms with E-state index in [9.17, 15) is 63.7 Å². The molecular weight excluding hydrogens is 614 g/mol. The van der Waals surface area contributed by atoms with E-state index in [1.807, 2.05) is 0 Å². The topological polar surface area (TPSA) is 112 Å². The van der Waals surface area contributed by atoms with Crippen molar-refractivity contribution in [1.29, 1.82) is 0 Å². The van der Waals surface area contributed by atoms with Crippen molar-refractivity contribution in [3.8, 4) is 5.75 Å². The first-order valence-corrected chi connectivity index (χ1v) is 11.7. The van der Waals surface area contributed by atoms with Crippen LogP contribution in [0, 0.1) is 11.6 Å². The molecule has 0 aliphatic heterocycles. The molecule has 0 heterocycles. The summed E-state index contributed by atoms with van der Waals surface area (Å²) in [7, 11) is -5.12. The molecule has 0 spiro atoms. The second-order valence-electron chi connectivity index (χ2n) is 7.97. The molecule has 0 atom stereocenters. The maximum Gasteiger partial charge on any atom is 0.430 e. The first-order chi connectivity index (χ1) is 17.8. The summed E-state index contributed by atoms with van der Waals surface area (Å²) in [5, 5.41) is 29.2. The minimum absolute atomic E-state index is 0. The molecule has 0 aromatic heterocycles. The van der Waals surface area contributed by atoms with Gasteiger partial charge in [-0.1, -0.05) is 12.1 Å². The number of aliphatic hydroxyl groups is 1. The van der Waals surface area contributed by atoms with Gasteiger partial charge in [-0.2, -0.15) is 26.3 Å². The summed E-state index contributed by atoms with van der Waals surface area (Å²) in [5.41, 5.74) is -8.24. The molecule has 17 heteroatoms. The van der Waals surface area contributed by atoms with Gasteiger partial charge in [0.2, 0.25) is 9.84 Å². The molecule has 3 rings (SSSR count). The first kappa shape index (κ1) is 37.0. The molecular formula is C24H14F8Na2O6S. The zero-order chi connectivity index (χ0) is 29.6. The second-order valence-corrected chi connectivity index (χ2v) is 9.92. The molecule has 41 heavy (non-hydrogen) atoms. The number of hydrogen-bond donors (Lipinski definition) is 3. The summed E-state index contributed by atoms with van der Waals surface area (Å²) in [4.78, 5) is 8.93. The van der Waals surface area contributed by atoms with Gasteiger partial charge in [-0.3, -0.25) is 0 Å². The number of sulfone groups is 1. The predicted molar refractivity (Wildman–Crippen MR) is 129 cm³/mol. The molecule has 0 amide bonds. The van der Waals surface area contributed by atoms with E-state index in [4.69, 9.17) is 0 Å². The summed E-state index contributed by atoms with van der Waals surface area (Å²) in [6.45, 7) is 0. The SMILES string of the molecule is O=C(O)C=C(c1ccc(F)cc1)c1ccc(S(=O)(=O)c2cc(F)cc(C(O)(C(F)(F)F)C(F)(F)F)c2)cc1O.[Na].[Na]. The van der Waals surface area contributed by atoms with Gasteiger partial charge in [-0.15, -0.1) is 0 Å². The maximum atomic E-state index is 14.1. The fraction of sp³-hybridized carbons (Fsp3) is 0.125. The summed E-state index contributed by atoms with van der Waals surface area (Å²) in [6, 6.07) is 5.85.